The van der Waals surface area contributed by atoms with Crippen molar-refractivity contribution in [1.29, 1.82) is 0 Å². The molecule has 1 unspecified atom stereocenters. The maximum atomic E-state index is 11.5. The maximum Gasteiger partial charge on any atom is 0.415 e. The van der Waals surface area contributed by atoms with Gasteiger partial charge in [-0.1, -0.05) is 36.4 Å². The molecule has 1 aliphatic heterocycles. The molecule has 1 fully saturated rings. The minimum Gasteiger partial charge on any atom is -0.493 e. The molecule has 2 aromatic carbocycles. The molecule has 1 aliphatic rings. The molecule has 1 atom stereocenters. The van der Waals surface area contributed by atoms with Gasteiger partial charge in [0.2, 0.25) is 0 Å². The van der Waals surface area contributed by atoms with Gasteiger partial charge in [-0.05, 0) is 37.0 Å². The third-order valence-corrected chi connectivity index (χ3v) is 5.84. The van der Waals surface area contributed by atoms with E-state index in [4.69, 9.17) is 9.47 Å². The Kier molecular flexibility index (Phi) is 6.47. The van der Waals surface area contributed by atoms with Crippen LogP contribution in [-0.4, -0.2) is 30.2 Å². The zero-order valence-electron chi connectivity index (χ0n) is 17.0. The van der Waals surface area contributed by atoms with Crippen LogP contribution in [0.5, 0.6) is 11.5 Å². The minimum absolute atomic E-state index is 0.350. The van der Waals surface area contributed by atoms with Gasteiger partial charge in [0.15, 0.2) is 11.5 Å². The minimum atomic E-state index is -0.672. The molecule has 1 aromatic heterocycles. The second-order valence-corrected chi connectivity index (χ2v) is 7.94. The summed E-state index contributed by atoms with van der Waals surface area (Å²) >= 11 is 1.59. The Balaban J connectivity index is 1.32. The van der Waals surface area contributed by atoms with Gasteiger partial charge < -0.3 is 19.5 Å². The van der Waals surface area contributed by atoms with Crippen molar-refractivity contribution in [2.24, 2.45) is 0 Å². The van der Waals surface area contributed by atoms with E-state index in [0.717, 1.165) is 34.7 Å². The highest BCUT2D eigenvalue weighted by molar-refractivity contribution is 7.13. The summed E-state index contributed by atoms with van der Waals surface area (Å²) in [7, 11) is 1.60. The number of thiazole rings is 1. The number of carbonyl (C=O) groups excluding carboxylic acids is 2. The average molecular weight is 439 g/mol. The predicted octanol–water partition coefficient (Wildman–Crippen LogP) is 4.36. The zero-order chi connectivity index (χ0) is 21.6. The van der Waals surface area contributed by atoms with E-state index < -0.39 is 18.1 Å². The molecule has 0 saturated carbocycles. The monoisotopic (exact) mass is 438 g/mol. The normalized spacial score (nSPS) is 15.5. The highest BCUT2D eigenvalue weighted by atomic mass is 32.1. The van der Waals surface area contributed by atoms with Crippen molar-refractivity contribution < 1.29 is 23.8 Å². The lowest BCUT2D eigenvalue weighted by atomic mass is 10.0. The number of amides is 1. The van der Waals surface area contributed by atoms with Gasteiger partial charge in [0.1, 0.15) is 17.7 Å². The molecule has 1 N–H and O–H groups in total. The lowest BCUT2D eigenvalue weighted by Gasteiger charge is -2.12. The summed E-state index contributed by atoms with van der Waals surface area (Å²) in [6.07, 6.45) is 1.32. The van der Waals surface area contributed by atoms with Gasteiger partial charge in [-0.3, -0.25) is 0 Å². The Morgan fingerprint density at radius 3 is 2.71 bits per heavy atom. The molecular weight excluding hydrogens is 416 g/mol. The summed E-state index contributed by atoms with van der Waals surface area (Å²) < 4.78 is 15.9. The standard InChI is InChI=1S/C23H22N2O5S/c1-28-20-12-15(6-5-9-18-22(26)30-23(27)25-18)10-11-19(20)29-13-17-14-31-21(24-17)16-7-3-2-4-8-16/h2-4,7-8,10-12,14,18H,5-6,9,13H2,1H3,(H,25,27). The molecule has 8 heteroatoms. The molecule has 0 aliphatic carbocycles. The van der Waals surface area contributed by atoms with Crippen molar-refractivity contribution in [3.8, 4) is 22.1 Å². The topological polar surface area (TPSA) is 86.8 Å². The van der Waals surface area contributed by atoms with Gasteiger partial charge in [0.05, 0.1) is 12.8 Å². The van der Waals surface area contributed by atoms with Crippen molar-refractivity contribution >= 4 is 23.4 Å². The number of rotatable bonds is 9. The quantitative estimate of drug-likeness (QED) is 0.395. The summed E-state index contributed by atoms with van der Waals surface area (Å²) in [4.78, 5) is 27.2. The van der Waals surface area contributed by atoms with Gasteiger partial charge in [-0.15, -0.1) is 11.3 Å². The second-order valence-electron chi connectivity index (χ2n) is 7.08. The van der Waals surface area contributed by atoms with Crippen molar-refractivity contribution in [3.63, 3.8) is 0 Å². The number of benzene rings is 2. The first kappa shape index (κ1) is 20.9. The van der Waals surface area contributed by atoms with E-state index in [-0.39, 0.29) is 0 Å². The summed E-state index contributed by atoms with van der Waals surface area (Å²) in [5, 5.41) is 5.46. The smallest absolute Gasteiger partial charge is 0.415 e. The first-order chi connectivity index (χ1) is 15.1. The maximum absolute atomic E-state index is 11.5. The fourth-order valence-electron chi connectivity index (χ4n) is 3.32. The number of alkyl carbamates (subject to hydrolysis) is 1. The second kappa shape index (κ2) is 9.61. The number of aryl methyl sites for hydroxylation is 1. The number of methoxy groups -OCH3 is 1. The molecule has 1 amide bonds. The van der Waals surface area contributed by atoms with Crippen molar-refractivity contribution in [2.75, 3.05) is 7.11 Å². The summed E-state index contributed by atoms with van der Waals surface area (Å²) in [5.74, 6) is 0.778. The van der Waals surface area contributed by atoms with Crippen LogP contribution in [0, 0.1) is 0 Å². The number of nitrogens with zero attached hydrogens (tertiary/aromatic N) is 1. The number of aromatic nitrogens is 1. The van der Waals surface area contributed by atoms with Crippen LogP contribution >= 0.6 is 11.3 Å². The Labute approximate surface area is 184 Å². The Bertz CT molecular complexity index is 1070. The molecule has 3 aromatic rings. The lowest BCUT2D eigenvalue weighted by molar-refractivity contribution is -0.135. The van der Waals surface area contributed by atoms with Crippen molar-refractivity contribution in [2.45, 2.75) is 31.9 Å². The van der Waals surface area contributed by atoms with Crippen LogP contribution in [0.25, 0.3) is 10.6 Å². The molecule has 31 heavy (non-hydrogen) atoms. The van der Waals surface area contributed by atoms with E-state index in [1.165, 1.54) is 0 Å². The fraction of sp³-hybridized carbons (Fsp3) is 0.261. The van der Waals surface area contributed by atoms with E-state index >= 15 is 0 Å². The van der Waals surface area contributed by atoms with E-state index in [9.17, 15) is 9.59 Å². The molecule has 160 valence electrons. The fourth-order valence-corrected chi connectivity index (χ4v) is 4.13. The first-order valence-corrected chi connectivity index (χ1v) is 10.8. The van der Waals surface area contributed by atoms with E-state index in [2.05, 4.69) is 15.0 Å². The van der Waals surface area contributed by atoms with Crippen LogP contribution in [0.4, 0.5) is 4.79 Å². The van der Waals surface area contributed by atoms with Crippen LogP contribution in [0.3, 0.4) is 0 Å². The molecule has 7 nitrogen and oxygen atoms in total. The Morgan fingerprint density at radius 2 is 1.97 bits per heavy atom. The Hall–Kier alpha value is -3.39. The number of nitrogens with one attached hydrogen (secondary N) is 1. The summed E-state index contributed by atoms with van der Waals surface area (Å²) in [6, 6.07) is 15.3. The summed E-state index contributed by atoms with van der Waals surface area (Å²) in [6.45, 7) is 0.350. The van der Waals surface area contributed by atoms with Crippen molar-refractivity contribution in [3.05, 3.63) is 65.2 Å². The molecule has 0 radical (unpaired) electrons. The zero-order valence-corrected chi connectivity index (χ0v) is 17.8. The molecule has 2 heterocycles. The number of cyclic esters (lactones) is 2. The number of ether oxygens (including phenoxy) is 3. The SMILES string of the molecule is COc1cc(CCCC2NC(=O)OC2=O)ccc1OCc1csc(-c2ccccc2)n1. The summed E-state index contributed by atoms with van der Waals surface area (Å²) in [5.41, 5.74) is 3.01. The van der Waals surface area contributed by atoms with Crippen molar-refractivity contribution in [1.82, 2.24) is 10.3 Å². The molecule has 4 rings (SSSR count). The Morgan fingerprint density at radius 1 is 1.13 bits per heavy atom. The number of esters is 1. The third-order valence-electron chi connectivity index (χ3n) is 4.90. The van der Waals surface area contributed by atoms with Gasteiger partial charge in [0.25, 0.3) is 0 Å². The predicted molar refractivity (Wildman–Crippen MR) is 116 cm³/mol. The number of hydrogen-bond donors (Lipinski definition) is 1. The lowest BCUT2D eigenvalue weighted by Crippen LogP contribution is -2.28. The van der Waals surface area contributed by atoms with Gasteiger partial charge in [-0.2, -0.15) is 0 Å². The van der Waals surface area contributed by atoms with Gasteiger partial charge in [-0.25, -0.2) is 14.6 Å². The highest BCUT2D eigenvalue weighted by Gasteiger charge is 2.31. The molecular formula is C23H22N2O5S. The number of hydrogen-bond acceptors (Lipinski definition) is 7. The van der Waals surface area contributed by atoms with Crippen LogP contribution < -0.4 is 14.8 Å². The van der Waals surface area contributed by atoms with Crippen LogP contribution in [-0.2, 0) is 22.6 Å². The van der Waals surface area contributed by atoms with E-state index in [1.807, 2.05) is 53.9 Å². The van der Waals surface area contributed by atoms with Gasteiger partial charge >= 0.3 is 12.1 Å². The highest BCUT2D eigenvalue weighted by Crippen LogP contribution is 2.30. The largest absolute Gasteiger partial charge is 0.493 e. The third kappa shape index (κ3) is 5.21. The first-order valence-electron chi connectivity index (χ1n) is 9.94. The van der Waals surface area contributed by atoms with E-state index in [1.54, 1.807) is 18.4 Å². The van der Waals surface area contributed by atoms with Gasteiger partial charge in [0, 0.05) is 10.9 Å². The van der Waals surface area contributed by atoms with Crippen LogP contribution in [0.15, 0.2) is 53.9 Å². The van der Waals surface area contributed by atoms with Crippen LogP contribution in [0.2, 0.25) is 0 Å². The average Bonchev–Trinajstić information content (AvgIpc) is 3.39. The molecule has 0 bridgehead atoms. The number of carbonyl (C=O) groups is 2. The molecule has 0 spiro atoms. The van der Waals surface area contributed by atoms with E-state index in [0.29, 0.717) is 24.5 Å². The van der Waals surface area contributed by atoms with Crippen LogP contribution in [0.1, 0.15) is 24.1 Å². The molecule has 1 saturated heterocycles.